The van der Waals surface area contributed by atoms with Crippen molar-refractivity contribution in [2.75, 3.05) is 7.11 Å². The number of benzene rings is 1. The van der Waals surface area contributed by atoms with Gasteiger partial charge in [0.05, 0.1) is 7.11 Å². The summed E-state index contributed by atoms with van der Waals surface area (Å²) in [6.07, 6.45) is 1.91. The number of carbonyl (C=O) groups excluding carboxylic acids is 1. The number of hydrogen-bond donors (Lipinski definition) is 0. The Morgan fingerprint density at radius 2 is 1.90 bits per heavy atom. The lowest BCUT2D eigenvalue weighted by Gasteiger charge is -2.12. The van der Waals surface area contributed by atoms with Crippen molar-refractivity contribution in [3.05, 3.63) is 53.5 Å². The Labute approximate surface area is 124 Å². The highest BCUT2D eigenvalue weighted by atomic mass is 16.5. The molecule has 1 aromatic carbocycles. The number of furan rings is 1. The van der Waals surface area contributed by atoms with E-state index in [1.807, 2.05) is 19.1 Å². The predicted molar refractivity (Wildman–Crippen MR) is 79.5 cm³/mol. The third kappa shape index (κ3) is 3.88. The highest BCUT2D eigenvalue weighted by molar-refractivity contribution is 5.86. The largest absolute Gasteiger partial charge is 0.483 e. The van der Waals surface area contributed by atoms with Crippen molar-refractivity contribution < 1.29 is 18.7 Å². The van der Waals surface area contributed by atoms with Crippen LogP contribution in [0.5, 0.6) is 5.75 Å². The highest BCUT2D eigenvalue weighted by Gasteiger charge is 2.16. The lowest BCUT2D eigenvalue weighted by molar-refractivity contribution is 0.0558. The Bertz CT molecular complexity index is 583. The third-order valence-corrected chi connectivity index (χ3v) is 3.19. The standard InChI is InChI=1S/C17H20O4/c1-4-5-13-6-8-14(9-7-13)20-12(2)15-10-11-16(21-15)17(18)19-3/h6-12H,4-5H2,1-3H3. The van der Waals surface area contributed by atoms with Crippen molar-refractivity contribution in [1.82, 2.24) is 0 Å². The van der Waals surface area contributed by atoms with Gasteiger partial charge in [0.25, 0.3) is 0 Å². The van der Waals surface area contributed by atoms with E-state index < -0.39 is 5.97 Å². The molecule has 1 aromatic heterocycles. The first-order chi connectivity index (χ1) is 10.1. The van der Waals surface area contributed by atoms with Crippen molar-refractivity contribution >= 4 is 5.97 Å². The summed E-state index contributed by atoms with van der Waals surface area (Å²) < 4.78 is 15.9. The lowest BCUT2D eigenvalue weighted by atomic mass is 10.1. The van der Waals surface area contributed by atoms with E-state index in [0.29, 0.717) is 5.76 Å². The average Bonchev–Trinajstić information content (AvgIpc) is 2.99. The molecule has 1 heterocycles. The Kier molecular flexibility index (Phi) is 5.04. The molecule has 2 rings (SSSR count). The van der Waals surface area contributed by atoms with Gasteiger partial charge in [0.15, 0.2) is 6.10 Å². The van der Waals surface area contributed by atoms with E-state index in [2.05, 4.69) is 23.8 Å². The minimum Gasteiger partial charge on any atom is -0.483 e. The van der Waals surface area contributed by atoms with Crippen LogP contribution in [0.1, 0.15) is 48.3 Å². The molecule has 0 bridgehead atoms. The number of ether oxygens (including phenoxy) is 2. The van der Waals surface area contributed by atoms with Crippen LogP contribution in [-0.4, -0.2) is 13.1 Å². The molecule has 0 saturated heterocycles. The molecule has 1 unspecified atom stereocenters. The maximum atomic E-state index is 11.3. The van der Waals surface area contributed by atoms with E-state index in [-0.39, 0.29) is 11.9 Å². The molecule has 0 amide bonds. The number of aryl methyl sites for hydroxylation is 1. The van der Waals surface area contributed by atoms with Gasteiger partial charge in [-0.25, -0.2) is 4.79 Å². The van der Waals surface area contributed by atoms with Crippen LogP contribution in [0.3, 0.4) is 0 Å². The molecular weight excluding hydrogens is 268 g/mol. The van der Waals surface area contributed by atoms with E-state index in [4.69, 9.17) is 9.15 Å². The van der Waals surface area contributed by atoms with Crippen LogP contribution >= 0.6 is 0 Å². The molecule has 0 radical (unpaired) electrons. The van der Waals surface area contributed by atoms with Crippen LogP contribution in [0, 0.1) is 0 Å². The molecule has 1 atom stereocenters. The zero-order chi connectivity index (χ0) is 15.2. The fourth-order valence-electron chi connectivity index (χ4n) is 2.07. The van der Waals surface area contributed by atoms with Crippen LogP contribution in [0.15, 0.2) is 40.8 Å². The first kappa shape index (κ1) is 15.2. The zero-order valence-corrected chi connectivity index (χ0v) is 12.6. The van der Waals surface area contributed by atoms with Crippen molar-refractivity contribution in [2.45, 2.75) is 32.8 Å². The Balaban J connectivity index is 2.01. The Morgan fingerprint density at radius 1 is 1.19 bits per heavy atom. The van der Waals surface area contributed by atoms with Crippen LogP contribution in [0.4, 0.5) is 0 Å². The van der Waals surface area contributed by atoms with Gasteiger partial charge < -0.3 is 13.9 Å². The normalized spacial score (nSPS) is 12.0. The van der Waals surface area contributed by atoms with Gasteiger partial charge in [-0.2, -0.15) is 0 Å². The number of esters is 1. The van der Waals surface area contributed by atoms with Gasteiger partial charge in [0, 0.05) is 0 Å². The maximum Gasteiger partial charge on any atom is 0.373 e. The molecule has 0 aliphatic rings. The molecule has 2 aromatic rings. The van der Waals surface area contributed by atoms with Gasteiger partial charge >= 0.3 is 5.97 Å². The molecule has 0 aliphatic heterocycles. The first-order valence-electron chi connectivity index (χ1n) is 7.07. The molecule has 0 fully saturated rings. The molecule has 4 nitrogen and oxygen atoms in total. The van der Waals surface area contributed by atoms with Gasteiger partial charge in [-0.3, -0.25) is 0 Å². The van der Waals surface area contributed by atoms with Crippen molar-refractivity contribution in [3.63, 3.8) is 0 Å². The van der Waals surface area contributed by atoms with E-state index >= 15 is 0 Å². The second-order valence-electron chi connectivity index (χ2n) is 4.85. The fourth-order valence-corrected chi connectivity index (χ4v) is 2.07. The zero-order valence-electron chi connectivity index (χ0n) is 12.6. The second kappa shape index (κ2) is 6.97. The fraction of sp³-hybridized carbons (Fsp3) is 0.353. The van der Waals surface area contributed by atoms with E-state index in [9.17, 15) is 4.79 Å². The number of rotatable bonds is 6. The molecule has 0 N–H and O–H groups in total. The summed E-state index contributed by atoms with van der Waals surface area (Å²) in [5.74, 6) is 1.06. The summed E-state index contributed by atoms with van der Waals surface area (Å²) in [5.41, 5.74) is 1.29. The van der Waals surface area contributed by atoms with Crippen molar-refractivity contribution in [1.29, 1.82) is 0 Å². The third-order valence-electron chi connectivity index (χ3n) is 3.19. The number of hydrogen-bond acceptors (Lipinski definition) is 4. The predicted octanol–water partition coefficient (Wildman–Crippen LogP) is 4.16. The minimum absolute atomic E-state index is 0.182. The molecule has 0 aliphatic carbocycles. The Morgan fingerprint density at radius 3 is 2.52 bits per heavy atom. The smallest absolute Gasteiger partial charge is 0.373 e. The maximum absolute atomic E-state index is 11.3. The molecular formula is C17H20O4. The summed E-state index contributed by atoms with van der Waals surface area (Å²) in [4.78, 5) is 11.3. The van der Waals surface area contributed by atoms with E-state index in [1.165, 1.54) is 12.7 Å². The van der Waals surface area contributed by atoms with Crippen LogP contribution < -0.4 is 4.74 Å². The molecule has 0 spiro atoms. The van der Waals surface area contributed by atoms with Gasteiger partial charge in [0.2, 0.25) is 5.76 Å². The van der Waals surface area contributed by atoms with Crippen LogP contribution in [-0.2, 0) is 11.2 Å². The molecule has 0 saturated carbocycles. The molecule has 4 heteroatoms. The van der Waals surface area contributed by atoms with Gasteiger partial charge in [0.1, 0.15) is 11.5 Å². The quantitative estimate of drug-likeness (QED) is 0.749. The highest BCUT2D eigenvalue weighted by Crippen LogP contribution is 2.24. The SMILES string of the molecule is CCCc1ccc(OC(C)c2ccc(C(=O)OC)o2)cc1. The summed E-state index contributed by atoms with van der Waals surface area (Å²) in [7, 11) is 1.32. The first-order valence-corrected chi connectivity index (χ1v) is 7.07. The summed E-state index contributed by atoms with van der Waals surface area (Å²) in [6.45, 7) is 4.03. The Hall–Kier alpha value is -2.23. The van der Waals surface area contributed by atoms with E-state index in [0.717, 1.165) is 18.6 Å². The van der Waals surface area contributed by atoms with Crippen LogP contribution in [0.2, 0.25) is 0 Å². The average molecular weight is 288 g/mol. The van der Waals surface area contributed by atoms with Gasteiger partial charge in [-0.1, -0.05) is 25.5 Å². The summed E-state index contributed by atoms with van der Waals surface area (Å²) >= 11 is 0. The number of carbonyl (C=O) groups is 1. The van der Waals surface area contributed by atoms with Crippen LogP contribution in [0.25, 0.3) is 0 Å². The lowest BCUT2D eigenvalue weighted by Crippen LogP contribution is -2.02. The van der Waals surface area contributed by atoms with Crippen molar-refractivity contribution in [2.24, 2.45) is 0 Å². The van der Waals surface area contributed by atoms with Gasteiger partial charge in [-0.05, 0) is 43.2 Å². The van der Waals surface area contributed by atoms with Crippen molar-refractivity contribution in [3.8, 4) is 5.75 Å². The monoisotopic (exact) mass is 288 g/mol. The topological polar surface area (TPSA) is 48.7 Å². The number of methoxy groups -OCH3 is 1. The minimum atomic E-state index is -0.489. The second-order valence-corrected chi connectivity index (χ2v) is 4.85. The summed E-state index contributed by atoms with van der Waals surface area (Å²) in [6, 6.07) is 11.3. The summed E-state index contributed by atoms with van der Waals surface area (Å²) in [5, 5.41) is 0. The van der Waals surface area contributed by atoms with Gasteiger partial charge in [-0.15, -0.1) is 0 Å². The molecule has 112 valence electrons. The molecule has 21 heavy (non-hydrogen) atoms. The van der Waals surface area contributed by atoms with E-state index in [1.54, 1.807) is 12.1 Å².